The molecule has 2 rings (SSSR count). The second-order valence-electron chi connectivity index (χ2n) is 4.21. The smallest absolute Gasteiger partial charge is 0.343 e. The fourth-order valence-electron chi connectivity index (χ4n) is 1.74. The monoisotopic (exact) mass is 421 g/mol. The average molecular weight is 423 g/mol. The molecule has 0 fully saturated rings. The quantitative estimate of drug-likeness (QED) is 0.413. The highest BCUT2D eigenvalue weighted by atomic mass is 79.9. The van der Waals surface area contributed by atoms with Gasteiger partial charge in [0, 0.05) is 11.1 Å². The molecule has 0 aliphatic carbocycles. The Labute approximate surface area is 145 Å². The van der Waals surface area contributed by atoms with Gasteiger partial charge in [-0.3, -0.25) is 10.1 Å². The molecule has 7 nitrogen and oxygen atoms in total. The third-order valence-electron chi connectivity index (χ3n) is 2.68. The van der Waals surface area contributed by atoms with Gasteiger partial charge in [0.2, 0.25) is 0 Å². The molecule has 0 aliphatic heterocycles. The van der Waals surface area contributed by atoms with E-state index in [0.717, 1.165) is 12.1 Å². The summed E-state index contributed by atoms with van der Waals surface area (Å²) in [6.07, 6.45) is 0. The average Bonchev–Trinajstić information content (AvgIpc) is 2.46. The first-order valence-corrected chi connectivity index (χ1v) is 8.54. The van der Waals surface area contributed by atoms with Crippen LogP contribution in [0.5, 0.6) is 11.5 Å². The SMILES string of the molecule is COc1c(Br)cc(Cl)cc1S(=O)(=O)Oc1cccc([N+](=O)[O-])c1. The van der Waals surface area contributed by atoms with Gasteiger partial charge in [0.1, 0.15) is 5.75 Å². The highest BCUT2D eigenvalue weighted by Crippen LogP contribution is 2.36. The number of non-ortho nitro benzene ring substituents is 1. The Kier molecular flexibility index (Phi) is 5.12. The van der Waals surface area contributed by atoms with E-state index in [9.17, 15) is 18.5 Å². The lowest BCUT2D eigenvalue weighted by atomic mass is 10.3. The van der Waals surface area contributed by atoms with Gasteiger partial charge < -0.3 is 8.92 Å². The van der Waals surface area contributed by atoms with Gasteiger partial charge in [0.15, 0.2) is 10.6 Å². The molecule has 0 bridgehead atoms. The molecule has 0 radical (unpaired) electrons. The number of benzene rings is 2. The van der Waals surface area contributed by atoms with Gasteiger partial charge in [-0.25, -0.2) is 0 Å². The molecule has 0 aliphatic rings. The maximum Gasteiger partial charge on any atom is 0.343 e. The fraction of sp³-hybridized carbons (Fsp3) is 0.0769. The van der Waals surface area contributed by atoms with Crippen LogP contribution < -0.4 is 8.92 Å². The highest BCUT2D eigenvalue weighted by Gasteiger charge is 2.25. The van der Waals surface area contributed by atoms with E-state index in [4.69, 9.17) is 20.5 Å². The Bertz CT molecular complexity index is 871. The van der Waals surface area contributed by atoms with Crippen LogP contribution in [0.15, 0.2) is 45.8 Å². The lowest BCUT2D eigenvalue weighted by Gasteiger charge is -2.12. The largest absolute Gasteiger partial charge is 0.494 e. The molecule has 2 aromatic rings. The highest BCUT2D eigenvalue weighted by molar-refractivity contribution is 9.10. The van der Waals surface area contributed by atoms with E-state index in [1.54, 1.807) is 0 Å². The van der Waals surface area contributed by atoms with Crippen molar-refractivity contribution in [1.82, 2.24) is 0 Å². The zero-order valence-electron chi connectivity index (χ0n) is 11.5. The van der Waals surface area contributed by atoms with E-state index in [2.05, 4.69) is 15.9 Å². The molecule has 10 heteroatoms. The van der Waals surface area contributed by atoms with E-state index >= 15 is 0 Å². The van der Waals surface area contributed by atoms with Crippen molar-refractivity contribution < 1.29 is 22.3 Å². The predicted octanol–water partition coefficient (Wildman–Crippen LogP) is 3.79. The summed E-state index contributed by atoms with van der Waals surface area (Å²) in [4.78, 5) is 9.78. The van der Waals surface area contributed by atoms with E-state index in [1.165, 1.54) is 31.4 Å². The van der Waals surface area contributed by atoms with Gasteiger partial charge in [-0.15, -0.1) is 0 Å². The summed E-state index contributed by atoms with van der Waals surface area (Å²) in [6.45, 7) is 0. The molecule has 23 heavy (non-hydrogen) atoms. The molecule has 0 N–H and O–H groups in total. The summed E-state index contributed by atoms with van der Waals surface area (Å²) in [6, 6.07) is 7.45. The Balaban J connectivity index is 2.48. The third kappa shape index (κ3) is 3.92. The van der Waals surface area contributed by atoms with Gasteiger partial charge >= 0.3 is 10.1 Å². The van der Waals surface area contributed by atoms with Gasteiger partial charge in [-0.2, -0.15) is 8.42 Å². The second kappa shape index (κ2) is 6.73. The van der Waals surface area contributed by atoms with Crippen molar-refractivity contribution >= 4 is 43.3 Å². The number of rotatable bonds is 5. The summed E-state index contributed by atoms with van der Waals surface area (Å²) in [7, 11) is -3.01. The van der Waals surface area contributed by atoms with Crippen molar-refractivity contribution in [2.75, 3.05) is 7.11 Å². The Hall–Kier alpha value is -1.84. The van der Waals surface area contributed by atoms with Crippen LogP contribution in [0.3, 0.4) is 0 Å². The van der Waals surface area contributed by atoms with Crippen LogP contribution in [0.25, 0.3) is 0 Å². The van der Waals surface area contributed by atoms with E-state index in [-0.39, 0.29) is 27.1 Å². The summed E-state index contributed by atoms with van der Waals surface area (Å²) in [5.41, 5.74) is -0.295. The zero-order chi connectivity index (χ0) is 17.2. The van der Waals surface area contributed by atoms with Crippen LogP contribution in [0, 0.1) is 10.1 Å². The second-order valence-corrected chi connectivity index (χ2v) is 7.02. The van der Waals surface area contributed by atoms with Crippen molar-refractivity contribution in [2.45, 2.75) is 4.90 Å². The normalized spacial score (nSPS) is 11.1. The molecule has 122 valence electrons. The van der Waals surface area contributed by atoms with Crippen molar-refractivity contribution in [3.8, 4) is 11.5 Å². The fourth-order valence-corrected chi connectivity index (χ4v) is 4.05. The number of halogens is 2. The number of hydrogen-bond donors (Lipinski definition) is 0. The predicted molar refractivity (Wildman–Crippen MR) is 86.6 cm³/mol. The number of nitro groups is 1. The maximum absolute atomic E-state index is 12.4. The molecule has 0 aromatic heterocycles. The van der Waals surface area contributed by atoms with Crippen LogP contribution >= 0.6 is 27.5 Å². The molecule has 0 saturated carbocycles. The zero-order valence-corrected chi connectivity index (χ0v) is 14.7. The summed E-state index contributed by atoms with van der Waals surface area (Å²) >= 11 is 9.01. The van der Waals surface area contributed by atoms with Crippen molar-refractivity contribution in [3.63, 3.8) is 0 Å². The molecular weight excluding hydrogens is 414 g/mol. The van der Waals surface area contributed by atoms with Crippen LogP contribution in [0.4, 0.5) is 5.69 Å². The van der Waals surface area contributed by atoms with E-state index in [0.29, 0.717) is 4.47 Å². The van der Waals surface area contributed by atoms with Gasteiger partial charge in [0.25, 0.3) is 5.69 Å². The van der Waals surface area contributed by atoms with Crippen LogP contribution in [0.2, 0.25) is 5.02 Å². The Morgan fingerprint density at radius 2 is 1.96 bits per heavy atom. The molecular formula is C13H9BrClNO6S. The molecule has 2 aromatic carbocycles. The van der Waals surface area contributed by atoms with E-state index < -0.39 is 15.0 Å². The lowest BCUT2D eigenvalue weighted by Crippen LogP contribution is -2.11. The van der Waals surface area contributed by atoms with Crippen LogP contribution in [-0.2, 0) is 10.1 Å². The van der Waals surface area contributed by atoms with Crippen molar-refractivity contribution in [3.05, 3.63) is 56.0 Å². The Morgan fingerprint density at radius 3 is 2.57 bits per heavy atom. The summed E-state index contributed by atoms with van der Waals surface area (Å²) in [5.74, 6) is -0.183. The number of methoxy groups -OCH3 is 1. The topological polar surface area (TPSA) is 95.7 Å². The minimum atomic E-state index is -4.31. The van der Waals surface area contributed by atoms with Crippen molar-refractivity contribution in [2.24, 2.45) is 0 Å². The van der Waals surface area contributed by atoms with Crippen LogP contribution in [-0.4, -0.2) is 20.5 Å². The number of ether oxygens (including phenoxy) is 1. The van der Waals surface area contributed by atoms with Gasteiger partial charge in [-0.1, -0.05) is 17.7 Å². The van der Waals surface area contributed by atoms with E-state index in [1.807, 2.05) is 0 Å². The number of nitrogens with zero attached hydrogens (tertiary/aromatic N) is 1. The molecule has 0 spiro atoms. The molecule has 0 amide bonds. The summed E-state index contributed by atoms with van der Waals surface area (Å²) < 4.78 is 35.1. The first kappa shape index (κ1) is 17.5. The molecule has 0 unspecified atom stereocenters. The van der Waals surface area contributed by atoms with Crippen LogP contribution in [0.1, 0.15) is 0 Å². The molecule has 0 heterocycles. The van der Waals surface area contributed by atoms with Gasteiger partial charge in [-0.05, 0) is 34.1 Å². The van der Waals surface area contributed by atoms with Gasteiger partial charge in [0.05, 0.1) is 22.6 Å². The third-order valence-corrected chi connectivity index (χ3v) is 4.74. The summed E-state index contributed by atoms with van der Waals surface area (Å²) in [5, 5.41) is 10.9. The minimum absolute atomic E-state index is 0.0137. The molecule has 0 atom stereocenters. The first-order chi connectivity index (χ1) is 10.7. The first-order valence-electron chi connectivity index (χ1n) is 5.96. The number of hydrogen-bond acceptors (Lipinski definition) is 6. The minimum Gasteiger partial charge on any atom is -0.494 e. The number of nitro benzene ring substituents is 1. The van der Waals surface area contributed by atoms with Crippen molar-refractivity contribution in [1.29, 1.82) is 0 Å². The standard InChI is InChI=1S/C13H9BrClNO6S/c1-21-13-11(14)5-8(15)6-12(13)23(19,20)22-10-4-2-3-9(7-10)16(17)18/h2-7H,1H3. The molecule has 0 saturated heterocycles. The lowest BCUT2D eigenvalue weighted by molar-refractivity contribution is -0.384. The maximum atomic E-state index is 12.4. The Morgan fingerprint density at radius 1 is 1.26 bits per heavy atom.